The summed E-state index contributed by atoms with van der Waals surface area (Å²) in [6.07, 6.45) is 1.47. The molecule has 0 spiro atoms. The molecule has 3 aromatic heterocycles. The molecule has 0 radical (unpaired) electrons. The lowest BCUT2D eigenvalue weighted by Gasteiger charge is -1.92. The minimum absolute atomic E-state index is 0.171. The Balaban J connectivity index is 1.86. The van der Waals surface area contributed by atoms with Crippen molar-refractivity contribution in [3.63, 3.8) is 0 Å². The van der Waals surface area contributed by atoms with E-state index >= 15 is 0 Å². The Kier molecular flexibility index (Phi) is 2.60. The van der Waals surface area contributed by atoms with Gasteiger partial charge in [0, 0.05) is 13.1 Å². The predicted octanol–water partition coefficient (Wildman–Crippen LogP) is 1.35. The molecule has 0 aliphatic heterocycles. The molecule has 0 atom stereocenters. The van der Waals surface area contributed by atoms with Crippen molar-refractivity contribution in [3.8, 4) is 10.6 Å². The zero-order valence-electron chi connectivity index (χ0n) is 9.61. The molecule has 3 rings (SSSR count). The zero-order chi connectivity index (χ0) is 12.5. The van der Waals surface area contributed by atoms with Gasteiger partial charge in [0.25, 0.3) is 0 Å². The summed E-state index contributed by atoms with van der Waals surface area (Å²) in [5, 5.41) is 9.88. The SMILES string of the molecule is Cn1cnn(Cc2cc(-c3cccs3)on2)c1=O. The monoisotopic (exact) mass is 262 g/mol. The van der Waals surface area contributed by atoms with Crippen molar-refractivity contribution >= 4 is 11.3 Å². The van der Waals surface area contributed by atoms with E-state index in [1.165, 1.54) is 15.6 Å². The van der Waals surface area contributed by atoms with Crippen molar-refractivity contribution in [2.45, 2.75) is 6.54 Å². The van der Waals surface area contributed by atoms with Gasteiger partial charge in [-0.25, -0.2) is 9.48 Å². The van der Waals surface area contributed by atoms with Gasteiger partial charge >= 0.3 is 5.69 Å². The van der Waals surface area contributed by atoms with Crippen LogP contribution in [0.4, 0.5) is 0 Å². The number of hydrogen-bond acceptors (Lipinski definition) is 5. The van der Waals surface area contributed by atoms with Crippen molar-refractivity contribution in [3.05, 3.63) is 46.1 Å². The minimum Gasteiger partial charge on any atom is -0.355 e. The summed E-state index contributed by atoms with van der Waals surface area (Å²) in [6, 6.07) is 5.74. The average Bonchev–Trinajstić information content (AvgIpc) is 3.06. The molecule has 18 heavy (non-hydrogen) atoms. The Hall–Kier alpha value is -2.15. The third kappa shape index (κ3) is 1.88. The summed E-state index contributed by atoms with van der Waals surface area (Å²) >= 11 is 1.58. The van der Waals surface area contributed by atoms with Crippen LogP contribution < -0.4 is 5.69 Å². The van der Waals surface area contributed by atoms with Crippen LogP contribution in [0.3, 0.4) is 0 Å². The molecule has 0 N–H and O–H groups in total. The fourth-order valence-electron chi connectivity index (χ4n) is 1.60. The van der Waals surface area contributed by atoms with Crippen LogP contribution in [0.2, 0.25) is 0 Å². The highest BCUT2D eigenvalue weighted by Gasteiger charge is 2.10. The van der Waals surface area contributed by atoms with Crippen LogP contribution in [-0.4, -0.2) is 19.5 Å². The van der Waals surface area contributed by atoms with Crippen LogP contribution in [0.5, 0.6) is 0 Å². The number of hydrogen-bond donors (Lipinski definition) is 0. The quantitative estimate of drug-likeness (QED) is 0.714. The van der Waals surface area contributed by atoms with Gasteiger partial charge in [0.1, 0.15) is 12.0 Å². The van der Waals surface area contributed by atoms with Gasteiger partial charge in [-0.3, -0.25) is 4.57 Å². The Morgan fingerprint density at radius 1 is 1.50 bits per heavy atom. The molecule has 0 saturated carbocycles. The molecular formula is C11H10N4O2S. The summed E-state index contributed by atoms with van der Waals surface area (Å²) in [7, 11) is 1.66. The predicted molar refractivity (Wildman–Crippen MR) is 66.4 cm³/mol. The van der Waals surface area contributed by atoms with Crippen molar-refractivity contribution < 1.29 is 4.52 Å². The topological polar surface area (TPSA) is 65.8 Å². The van der Waals surface area contributed by atoms with Crippen molar-refractivity contribution in [2.24, 2.45) is 7.05 Å². The molecule has 92 valence electrons. The second kappa shape index (κ2) is 4.26. The number of thiophene rings is 1. The first-order valence-corrected chi connectivity index (χ1v) is 6.20. The van der Waals surface area contributed by atoms with Gasteiger partial charge in [0.05, 0.1) is 11.4 Å². The maximum Gasteiger partial charge on any atom is 0.345 e. The van der Waals surface area contributed by atoms with Crippen molar-refractivity contribution in [1.29, 1.82) is 0 Å². The van der Waals surface area contributed by atoms with Crippen LogP contribution in [-0.2, 0) is 13.6 Å². The average molecular weight is 262 g/mol. The summed E-state index contributed by atoms with van der Waals surface area (Å²) in [5.41, 5.74) is 0.509. The number of aromatic nitrogens is 4. The normalized spacial score (nSPS) is 10.9. The lowest BCUT2D eigenvalue weighted by Crippen LogP contribution is -2.23. The van der Waals surface area contributed by atoms with Gasteiger partial charge in [0.2, 0.25) is 0 Å². The van der Waals surface area contributed by atoms with E-state index in [1.54, 1.807) is 18.4 Å². The largest absolute Gasteiger partial charge is 0.355 e. The molecule has 0 amide bonds. The van der Waals surface area contributed by atoms with Gasteiger partial charge in [-0.15, -0.1) is 11.3 Å². The van der Waals surface area contributed by atoms with E-state index in [2.05, 4.69) is 10.3 Å². The fraction of sp³-hybridized carbons (Fsp3) is 0.182. The summed E-state index contributed by atoms with van der Waals surface area (Å²) < 4.78 is 8.00. The number of rotatable bonds is 3. The van der Waals surface area contributed by atoms with Crippen LogP contribution in [0, 0.1) is 0 Å². The van der Waals surface area contributed by atoms with E-state index in [1.807, 2.05) is 23.6 Å². The Morgan fingerprint density at radius 3 is 3.06 bits per heavy atom. The van der Waals surface area contributed by atoms with Crippen LogP contribution in [0.1, 0.15) is 5.69 Å². The van der Waals surface area contributed by atoms with E-state index in [-0.39, 0.29) is 5.69 Å². The first-order valence-electron chi connectivity index (χ1n) is 5.32. The third-order valence-electron chi connectivity index (χ3n) is 2.52. The molecule has 3 aromatic rings. The number of nitrogens with zero attached hydrogens (tertiary/aromatic N) is 4. The van der Waals surface area contributed by atoms with Gasteiger partial charge in [-0.2, -0.15) is 5.10 Å². The second-order valence-electron chi connectivity index (χ2n) is 3.84. The van der Waals surface area contributed by atoms with E-state index in [0.717, 1.165) is 4.88 Å². The number of aryl methyl sites for hydroxylation is 1. The van der Waals surface area contributed by atoms with Gasteiger partial charge in [0.15, 0.2) is 5.76 Å². The third-order valence-corrected chi connectivity index (χ3v) is 3.41. The van der Waals surface area contributed by atoms with Crippen molar-refractivity contribution in [1.82, 2.24) is 19.5 Å². The highest BCUT2D eigenvalue weighted by Crippen LogP contribution is 2.25. The van der Waals surface area contributed by atoms with E-state index in [9.17, 15) is 4.79 Å². The summed E-state index contributed by atoms with van der Waals surface area (Å²) in [4.78, 5) is 12.6. The molecule has 0 saturated heterocycles. The Labute approximate surface area is 106 Å². The lowest BCUT2D eigenvalue weighted by molar-refractivity contribution is 0.419. The second-order valence-corrected chi connectivity index (χ2v) is 4.79. The molecule has 0 aromatic carbocycles. The highest BCUT2D eigenvalue weighted by molar-refractivity contribution is 7.13. The maximum absolute atomic E-state index is 11.6. The molecular weight excluding hydrogens is 252 g/mol. The summed E-state index contributed by atoms with van der Waals surface area (Å²) in [6.45, 7) is 0.314. The van der Waals surface area contributed by atoms with Gasteiger partial charge in [-0.05, 0) is 11.4 Å². The standard InChI is InChI=1S/C11H10N4O2S/c1-14-7-12-15(11(14)16)6-8-5-9(17-13-8)10-3-2-4-18-10/h2-5,7H,6H2,1H3. The zero-order valence-corrected chi connectivity index (χ0v) is 10.4. The molecule has 6 nitrogen and oxygen atoms in total. The smallest absolute Gasteiger partial charge is 0.345 e. The van der Waals surface area contributed by atoms with E-state index in [4.69, 9.17) is 4.52 Å². The maximum atomic E-state index is 11.6. The van der Waals surface area contributed by atoms with E-state index in [0.29, 0.717) is 18.0 Å². The first-order chi connectivity index (χ1) is 8.74. The molecule has 0 aliphatic rings. The molecule has 0 unspecified atom stereocenters. The lowest BCUT2D eigenvalue weighted by atomic mass is 10.3. The van der Waals surface area contributed by atoms with E-state index < -0.39 is 0 Å². The fourth-order valence-corrected chi connectivity index (χ4v) is 2.28. The Bertz CT molecular complexity index is 708. The van der Waals surface area contributed by atoms with Crippen LogP contribution in [0.25, 0.3) is 10.6 Å². The first kappa shape index (κ1) is 11.0. The summed E-state index contributed by atoms with van der Waals surface area (Å²) in [5.74, 6) is 0.712. The molecule has 7 heteroatoms. The highest BCUT2D eigenvalue weighted by atomic mass is 32.1. The molecule has 0 bridgehead atoms. The molecule has 0 fully saturated rings. The minimum atomic E-state index is -0.171. The van der Waals surface area contributed by atoms with Gasteiger partial charge < -0.3 is 4.52 Å². The van der Waals surface area contributed by atoms with Crippen LogP contribution in [0.15, 0.2) is 39.2 Å². The Morgan fingerprint density at radius 2 is 2.39 bits per heavy atom. The van der Waals surface area contributed by atoms with Gasteiger partial charge in [-0.1, -0.05) is 11.2 Å². The molecule has 3 heterocycles. The van der Waals surface area contributed by atoms with Crippen molar-refractivity contribution in [2.75, 3.05) is 0 Å². The molecule has 0 aliphatic carbocycles. The van der Waals surface area contributed by atoms with Crippen LogP contribution >= 0.6 is 11.3 Å².